The van der Waals surface area contributed by atoms with Crippen molar-refractivity contribution in [2.45, 2.75) is 13.8 Å². The molecule has 1 saturated heterocycles. The number of amides is 1. The second-order valence-corrected chi connectivity index (χ2v) is 8.37. The fourth-order valence-corrected chi connectivity index (χ4v) is 4.20. The Balaban J connectivity index is 1.70. The number of ether oxygens (including phenoxy) is 1. The number of benzene rings is 1. The summed E-state index contributed by atoms with van der Waals surface area (Å²) in [4.78, 5) is 51.0. The van der Waals surface area contributed by atoms with Crippen molar-refractivity contribution in [3.63, 3.8) is 0 Å². The first-order chi connectivity index (χ1) is 16.3. The van der Waals surface area contributed by atoms with Gasteiger partial charge in [0.25, 0.3) is 0 Å². The van der Waals surface area contributed by atoms with Gasteiger partial charge in [-0.3, -0.25) is 10.1 Å². The maximum Gasteiger partial charge on any atom is 0.350 e. The van der Waals surface area contributed by atoms with E-state index in [4.69, 9.17) is 4.74 Å². The summed E-state index contributed by atoms with van der Waals surface area (Å²) < 4.78 is 5.07. The highest BCUT2D eigenvalue weighted by Gasteiger charge is 2.21. The normalized spacial score (nSPS) is 13.4. The molecule has 34 heavy (non-hydrogen) atoms. The molecule has 0 bridgehead atoms. The van der Waals surface area contributed by atoms with Gasteiger partial charge in [0, 0.05) is 24.7 Å². The van der Waals surface area contributed by atoms with Gasteiger partial charge in [-0.05, 0) is 26.0 Å². The minimum Gasteiger partial charge on any atom is -0.478 e. The van der Waals surface area contributed by atoms with E-state index < -0.39 is 11.9 Å². The number of piperazine rings is 1. The molecule has 12 heteroatoms. The van der Waals surface area contributed by atoms with Crippen LogP contribution in [0.2, 0.25) is 0 Å². The summed E-state index contributed by atoms with van der Waals surface area (Å²) in [6.07, 6.45) is 0. The number of carbonyl (C=O) groups excluding carboxylic acids is 2. The van der Waals surface area contributed by atoms with E-state index in [1.807, 2.05) is 4.90 Å². The first-order valence-electron chi connectivity index (χ1n) is 10.5. The van der Waals surface area contributed by atoms with Crippen LogP contribution in [0, 0.1) is 6.92 Å². The van der Waals surface area contributed by atoms with Gasteiger partial charge in [0.05, 0.1) is 30.1 Å². The van der Waals surface area contributed by atoms with E-state index in [9.17, 15) is 19.5 Å². The number of carboxylic acid groups (broad SMARTS) is 1. The van der Waals surface area contributed by atoms with E-state index >= 15 is 0 Å². The number of hydrogen-bond acceptors (Lipinski definition) is 10. The van der Waals surface area contributed by atoms with Crippen molar-refractivity contribution in [3.05, 3.63) is 46.5 Å². The topological polar surface area (TPSA) is 147 Å². The average molecular weight is 483 g/mol. The second-order valence-electron chi connectivity index (χ2n) is 7.37. The number of anilines is 3. The molecule has 2 aromatic heterocycles. The number of carbonyl (C=O) groups is 3. The molecule has 4 rings (SSSR count). The van der Waals surface area contributed by atoms with Gasteiger partial charge in [-0.2, -0.15) is 4.98 Å². The maximum absolute atomic E-state index is 12.1. The number of nitrogens with one attached hydrogen (secondary N) is 2. The van der Waals surface area contributed by atoms with E-state index in [0.717, 1.165) is 11.3 Å². The summed E-state index contributed by atoms with van der Waals surface area (Å²) in [5.41, 5.74) is 1.91. The molecule has 3 heterocycles. The van der Waals surface area contributed by atoms with Gasteiger partial charge in [0.1, 0.15) is 10.7 Å². The Morgan fingerprint density at radius 3 is 2.68 bits per heavy atom. The standard InChI is InChI=1S/C22H22N6O5S/c1-3-33-20(32)18-12(2)24-22(34-18)27-21-25-15(13-4-6-14(7-5-13)19(30)31)10-16(26-21)28-9-8-23-17(29)11-28/h4-7,10H,3,8-9,11H2,1-2H3,(H,23,29)(H,30,31)(H,24,25,26,27). The van der Waals surface area contributed by atoms with Crippen LogP contribution in [0.4, 0.5) is 16.9 Å². The Morgan fingerprint density at radius 1 is 1.24 bits per heavy atom. The lowest BCUT2D eigenvalue weighted by atomic mass is 10.1. The molecule has 3 aromatic rings. The second kappa shape index (κ2) is 9.83. The van der Waals surface area contributed by atoms with E-state index in [1.165, 1.54) is 12.1 Å². The summed E-state index contributed by atoms with van der Waals surface area (Å²) in [7, 11) is 0. The first kappa shape index (κ1) is 23.1. The lowest BCUT2D eigenvalue weighted by Gasteiger charge is -2.28. The molecule has 1 aromatic carbocycles. The summed E-state index contributed by atoms with van der Waals surface area (Å²) in [6.45, 7) is 4.92. The van der Waals surface area contributed by atoms with Crippen LogP contribution < -0.4 is 15.5 Å². The predicted molar refractivity (Wildman–Crippen MR) is 126 cm³/mol. The highest BCUT2D eigenvalue weighted by atomic mass is 32.1. The van der Waals surface area contributed by atoms with Crippen LogP contribution in [0.3, 0.4) is 0 Å². The molecule has 0 radical (unpaired) electrons. The Morgan fingerprint density at radius 2 is 2.00 bits per heavy atom. The van der Waals surface area contributed by atoms with Gasteiger partial charge in [0.2, 0.25) is 11.9 Å². The highest BCUT2D eigenvalue weighted by Crippen LogP contribution is 2.29. The summed E-state index contributed by atoms with van der Waals surface area (Å²) >= 11 is 1.13. The largest absolute Gasteiger partial charge is 0.478 e. The molecular weight excluding hydrogens is 460 g/mol. The third kappa shape index (κ3) is 5.12. The Bertz CT molecular complexity index is 1240. The van der Waals surface area contributed by atoms with Crippen LogP contribution in [0.25, 0.3) is 11.3 Å². The summed E-state index contributed by atoms with van der Waals surface area (Å²) in [5, 5.41) is 15.4. The van der Waals surface area contributed by atoms with Crippen molar-refractivity contribution in [1.82, 2.24) is 20.3 Å². The zero-order valence-corrected chi connectivity index (χ0v) is 19.3. The third-order valence-corrected chi connectivity index (χ3v) is 6.03. The monoisotopic (exact) mass is 482 g/mol. The van der Waals surface area contributed by atoms with Crippen LogP contribution in [0.5, 0.6) is 0 Å². The fraction of sp³-hybridized carbons (Fsp3) is 0.273. The maximum atomic E-state index is 12.1. The molecule has 0 spiro atoms. The smallest absolute Gasteiger partial charge is 0.350 e. The van der Waals surface area contributed by atoms with E-state index in [0.29, 0.717) is 45.9 Å². The van der Waals surface area contributed by atoms with Crippen molar-refractivity contribution in [1.29, 1.82) is 0 Å². The Labute approximate surface area is 198 Å². The molecule has 1 aliphatic heterocycles. The van der Waals surface area contributed by atoms with E-state index in [1.54, 1.807) is 32.0 Å². The number of aryl methyl sites for hydroxylation is 1. The van der Waals surface area contributed by atoms with Crippen molar-refractivity contribution >= 4 is 46.1 Å². The molecule has 0 saturated carbocycles. The third-order valence-electron chi connectivity index (χ3n) is 4.98. The summed E-state index contributed by atoms with van der Waals surface area (Å²) in [5.74, 6) is -0.818. The number of esters is 1. The zero-order chi connectivity index (χ0) is 24.2. The summed E-state index contributed by atoms with van der Waals surface area (Å²) in [6, 6.07) is 8.06. The van der Waals surface area contributed by atoms with Crippen molar-refractivity contribution in [3.8, 4) is 11.3 Å². The van der Waals surface area contributed by atoms with Crippen molar-refractivity contribution in [2.24, 2.45) is 0 Å². The van der Waals surface area contributed by atoms with Gasteiger partial charge >= 0.3 is 11.9 Å². The highest BCUT2D eigenvalue weighted by molar-refractivity contribution is 7.17. The van der Waals surface area contributed by atoms with Gasteiger partial charge in [0.15, 0.2) is 5.13 Å². The van der Waals surface area contributed by atoms with E-state index in [2.05, 4.69) is 25.6 Å². The fourth-order valence-electron chi connectivity index (χ4n) is 3.35. The lowest BCUT2D eigenvalue weighted by Crippen LogP contribution is -2.48. The molecule has 11 nitrogen and oxygen atoms in total. The minimum absolute atomic E-state index is 0.110. The van der Waals surface area contributed by atoms with Crippen molar-refractivity contribution in [2.75, 3.05) is 36.5 Å². The molecule has 1 amide bonds. The first-order valence-corrected chi connectivity index (χ1v) is 11.3. The number of rotatable bonds is 7. The van der Waals surface area contributed by atoms with Crippen LogP contribution in [0.1, 0.15) is 32.6 Å². The molecule has 0 atom stereocenters. The number of thiazole rings is 1. The van der Waals surface area contributed by atoms with Crippen LogP contribution in [0.15, 0.2) is 30.3 Å². The SMILES string of the molecule is CCOC(=O)c1sc(Nc2nc(-c3ccc(C(=O)O)cc3)cc(N3CCNC(=O)C3)n2)nc1C. The lowest BCUT2D eigenvalue weighted by molar-refractivity contribution is -0.120. The number of nitrogens with zero attached hydrogens (tertiary/aromatic N) is 4. The Kier molecular flexibility index (Phi) is 6.68. The average Bonchev–Trinajstić information content (AvgIpc) is 3.19. The Hall–Kier alpha value is -4.06. The van der Waals surface area contributed by atoms with Crippen LogP contribution >= 0.6 is 11.3 Å². The molecule has 0 unspecified atom stereocenters. The number of carboxylic acids is 1. The molecule has 1 aliphatic rings. The number of aromatic carboxylic acids is 1. The van der Waals surface area contributed by atoms with Crippen LogP contribution in [-0.4, -0.2) is 64.1 Å². The van der Waals surface area contributed by atoms with Crippen LogP contribution in [-0.2, 0) is 9.53 Å². The van der Waals surface area contributed by atoms with Crippen molar-refractivity contribution < 1.29 is 24.2 Å². The number of aromatic nitrogens is 3. The van der Waals surface area contributed by atoms with Gasteiger partial charge in [-0.25, -0.2) is 19.6 Å². The quantitative estimate of drug-likeness (QED) is 0.429. The predicted octanol–water partition coefficient (Wildman–Crippen LogP) is 2.46. The van der Waals surface area contributed by atoms with E-state index in [-0.39, 0.29) is 30.6 Å². The molecule has 176 valence electrons. The van der Waals surface area contributed by atoms with Gasteiger partial charge in [-0.1, -0.05) is 23.5 Å². The zero-order valence-electron chi connectivity index (χ0n) is 18.5. The molecular formula is C22H22N6O5S. The molecule has 0 aliphatic carbocycles. The van der Waals surface area contributed by atoms with Gasteiger partial charge < -0.3 is 20.1 Å². The van der Waals surface area contributed by atoms with Gasteiger partial charge in [-0.15, -0.1) is 0 Å². The molecule has 1 fully saturated rings. The molecule has 3 N–H and O–H groups in total. The minimum atomic E-state index is -1.02. The number of hydrogen-bond donors (Lipinski definition) is 3.